The van der Waals surface area contributed by atoms with Crippen molar-refractivity contribution in [2.24, 2.45) is 17.3 Å². The van der Waals surface area contributed by atoms with Crippen LogP contribution in [0.5, 0.6) is 5.75 Å². The Morgan fingerprint density at radius 2 is 2.08 bits per heavy atom. The molecule has 4 heteroatoms. The van der Waals surface area contributed by atoms with Gasteiger partial charge < -0.3 is 14.3 Å². The van der Waals surface area contributed by atoms with Crippen LogP contribution in [-0.2, 0) is 17.8 Å². The normalized spacial score (nSPS) is 20.9. The first-order valence-electron chi connectivity index (χ1n) is 8.74. The highest BCUT2D eigenvalue weighted by Crippen LogP contribution is 2.59. The summed E-state index contributed by atoms with van der Waals surface area (Å²) in [6, 6.07) is 9.79. The Morgan fingerprint density at radius 1 is 1.35 bits per heavy atom. The molecule has 4 nitrogen and oxygen atoms in total. The maximum atomic E-state index is 12.7. The van der Waals surface area contributed by atoms with Crippen molar-refractivity contribution in [2.45, 2.75) is 26.9 Å². The van der Waals surface area contributed by atoms with Crippen molar-refractivity contribution in [1.29, 1.82) is 0 Å². The fourth-order valence-corrected chi connectivity index (χ4v) is 3.41. The Labute approximate surface area is 153 Å². The lowest BCUT2D eigenvalue weighted by atomic mass is 10.1. The number of rotatable bonds is 7. The second kappa shape index (κ2) is 7.34. The summed E-state index contributed by atoms with van der Waals surface area (Å²) in [6.45, 7) is 7.52. The zero-order valence-corrected chi connectivity index (χ0v) is 15.1. The zero-order chi connectivity index (χ0) is 18.7. The van der Waals surface area contributed by atoms with Gasteiger partial charge in [0.25, 0.3) is 0 Å². The van der Waals surface area contributed by atoms with Gasteiger partial charge in [-0.2, -0.15) is 0 Å². The molecule has 3 rings (SSSR count). The predicted molar refractivity (Wildman–Crippen MR) is 99.6 cm³/mol. The number of aliphatic hydroxyl groups is 1. The Hall–Kier alpha value is -2.59. The molecular weight excluding hydrogens is 328 g/mol. The first-order valence-corrected chi connectivity index (χ1v) is 8.74. The van der Waals surface area contributed by atoms with Crippen molar-refractivity contribution in [3.63, 3.8) is 0 Å². The van der Waals surface area contributed by atoms with Crippen LogP contribution in [0.2, 0.25) is 0 Å². The molecule has 0 saturated heterocycles. The molecule has 26 heavy (non-hydrogen) atoms. The summed E-state index contributed by atoms with van der Waals surface area (Å²) in [5, 5.41) is 9.56. The molecule has 0 amide bonds. The van der Waals surface area contributed by atoms with Gasteiger partial charge in [0, 0.05) is 6.42 Å². The van der Waals surface area contributed by atoms with E-state index in [9.17, 15) is 9.90 Å². The Morgan fingerprint density at radius 3 is 2.73 bits per heavy atom. The Kier molecular flexibility index (Phi) is 5.14. The highest BCUT2D eigenvalue weighted by atomic mass is 16.5. The predicted octanol–water partition coefficient (Wildman–Crippen LogP) is 4.28. The molecule has 1 aromatic carbocycles. The number of aliphatic hydroxyl groups excluding tert-OH is 1. The lowest BCUT2D eigenvalue weighted by Gasteiger charge is -2.08. The molecule has 1 aromatic heterocycles. The van der Waals surface area contributed by atoms with Crippen LogP contribution in [0.1, 0.15) is 30.7 Å². The maximum Gasteiger partial charge on any atom is 0.315 e. The molecule has 1 saturated carbocycles. The summed E-state index contributed by atoms with van der Waals surface area (Å²) in [6.07, 6.45) is 7.50. The molecule has 1 aliphatic carbocycles. The number of benzene rings is 1. The molecule has 0 radical (unpaired) electrons. The molecule has 0 aliphatic heterocycles. The van der Waals surface area contributed by atoms with Crippen LogP contribution in [0.3, 0.4) is 0 Å². The van der Waals surface area contributed by atoms with Gasteiger partial charge in [-0.25, -0.2) is 0 Å². The lowest BCUT2D eigenvalue weighted by molar-refractivity contribution is -0.136. The van der Waals surface area contributed by atoms with Gasteiger partial charge in [-0.15, -0.1) is 0 Å². The Bertz CT molecular complexity index is 814. The molecule has 1 heterocycles. The number of furan rings is 1. The molecular formula is C22H24O4. The van der Waals surface area contributed by atoms with Gasteiger partial charge in [-0.1, -0.05) is 69.0 Å². The van der Waals surface area contributed by atoms with Crippen molar-refractivity contribution < 1.29 is 19.1 Å². The third-order valence-electron chi connectivity index (χ3n) is 5.09. The SMILES string of the molecule is C=CC=C[C@@H]1[C@@H](C(=O)Oc2c(CO)coc2Cc2ccccc2)C1(C)C. The van der Waals surface area contributed by atoms with Crippen molar-refractivity contribution in [3.05, 3.63) is 78.3 Å². The summed E-state index contributed by atoms with van der Waals surface area (Å²) >= 11 is 0. The molecule has 1 aliphatic rings. The molecule has 1 fully saturated rings. The van der Waals surface area contributed by atoms with Crippen LogP contribution >= 0.6 is 0 Å². The van der Waals surface area contributed by atoms with Gasteiger partial charge in [-0.05, 0) is 16.9 Å². The first kappa shape index (κ1) is 18.2. The summed E-state index contributed by atoms with van der Waals surface area (Å²) in [5.74, 6) is 0.500. The molecule has 2 atom stereocenters. The number of carbonyl (C=O) groups excluding carboxylic acids is 1. The average Bonchev–Trinajstić information content (AvgIpc) is 2.98. The fourth-order valence-electron chi connectivity index (χ4n) is 3.41. The highest BCUT2D eigenvalue weighted by Gasteiger charge is 2.61. The van der Waals surface area contributed by atoms with E-state index in [4.69, 9.17) is 9.15 Å². The molecule has 0 bridgehead atoms. The number of hydrogen-bond donors (Lipinski definition) is 1. The third-order valence-corrected chi connectivity index (χ3v) is 5.09. The Balaban J connectivity index is 1.79. The minimum atomic E-state index is -0.292. The van der Waals surface area contributed by atoms with Gasteiger partial charge in [-0.3, -0.25) is 4.79 Å². The van der Waals surface area contributed by atoms with Gasteiger partial charge in [0.05, 0.1) is 18.1 Å². The topological polar surface area (TPSA) is 59.7 Å². The van der Waals surface area contributed by atoms with E-state index in [1.54, 1.807) is 6.08 Å². The molecule has 2 aromatic rings. The number of hydrogen-bond acceptors (Lipinski definition) is 4. The maximum absolute atomic E-state index is 12.7. The van der Waals surface area contributed by atoms with Crippen LogP contribution in [0.15, 0.2) is 65.8 Å². The largest absolute Gasteiger partial charge is 0.465 e. The smallest absolute Gasteiger partial charge is 0.315 e. The number of esters is 1. The van der Waals surface area contributed by atoms with E-state index in [0.29, 0.717) is 23.5 Å². The van der Waals surface area contributed by atoms with E-state index in [1.165, 1.54) is 6.26 Å². The minimum absolute atomic E-state index is 0.120. The van der Waals surface area contributed by atoms with Crippen molar-refractivity contribution in [2.75, 3.05) is 0 Å². The second-order valence-corrected chi connectivity index (χ2v) is 7.20. The van der Waals surface area contributed by atoms with Crippen LogP contribution in [0, 0.1) is 17.3 Å². The number of carbonyl (C=O) groups is 1. The monoisotopic (exact) mass is 352 g/mol. The molecule has 136 valence electrons. The zero-order valence-electron chi connectivity index (χ0n) is 15.1. The third kappa shape index (κ3) is 3.51. The van der Waals surface area contributed by atoms with Gasteiger partial charge in [0.2, 0.25) is 0 Å². The van der Waals surface area contributed by atoms with Crippen molar-refractivity contribution in [3.8, 4) is 5.75 Å². The van der Waals surface area contributed by atoms with E-state index >= 15 is 0 Å². The molecule has 0 spiro atoms. The van der Waals surface area contributed by atoms with Gasteiger partial charge in [0.15, 0.2) is 11.5 Å². The van der Waals surface area contributed by atoms with E-state index in [2.05, 4.69) is 6.58 Å². The van der Waals surface area contributed by atoms with E-state index in [1.807, 2.05) is 56.3 Å². The van der Waals surface area contributed by atoms with Crippen LogP contribution < -0.4 is 4.74 Å². The molecule has 1 N–H and O–H groups in total. The van der Waals surface area contributed by atoms with Crippen LogP contribution in [0.25, 0.3) is 0 Å². The van der Waals surface area contributed by atoms with Crippen molar-refractivity contribution >= 4 is 5.97 Å². The fraction of sp³-hybridized carbons (Fsp3) is 0.318. The van der Waals surface area contributed by atoms with Crippen LogP contribution in [0.4, 0.5) is 0 Å². The average molecular weight is 352 g/mol. The van der Waals surface area contributed by atoms with E-state index in [-0.39, 0.29) is 29.8 Å². The second-order valence-electron chi connectivity index (χ2n) is 7.20. The summed E-state index contributed by atoms with van der Waals surface area (Å²) < 4.78 is 11.3. The standard InChI is InChI=1S/C22H24O4/c1-4-5-11-17-19(22(17,2)3)21(24)26-20-16(13-23)14-25-18(20)12-15-9-7-6-8-10-15/h4-11,14,17,19,23H,1,12-13H2,2-3H3/t17-,19+/m1/s1. The minimum Gasteiger partial charge on any atom is -0.465 e. The summed E-state index contributed by atoms with van der Waals surface area (Å²) in [4.78, 5) is 12.7. The number of allylic oxidation sites excluding steroid dienone is 3. The van der Waals surface area contributed by atoms with E-state index in [0.717, 1.165) is 5.56 Å². The number of ether oxygens (including phenoxy) is 1. The van der Waals surface area contributed by atoms with E-state index < -0.39 is 0 Å². The highest BCUT2D eigenvalue weighted by molar-refractivity contribution is 5.81. The first-order chi connectivity index (χ1) is 12.5. The van der Waals surface area contributed by atoms with Gasteiger partial charge in [0.1, 0.15) is 6.26 Å². The quantitative estimate of drug-likeness (QED) is 0.597. The lowest BCUT2D eigenvalue weighted by Crippen LogP contribution is -2.15. The molecule has 0 unspecified atom stereocenters. The summed E-state index contributed by atoms with van der Waals surface area (Å²) in [7, 11) is 0. The van der Waals surface area contributed by atoms with Crippen molar-refractivity contribution in [1.82, 2.24) is 0 Å². The van der Waals surface area contributed by atoms with Gasteiger partial charge >= 0.3 is 5.97 Å². The van der Waals surface area contributed by atoms with Crippen LogP contribution in [-0.4, -0.2) is 11.1 Å². The summed E-state index contributed by atoms with van der Waals surface area (Å²) in [5.41, 5.74) is 1.38.